The van der Waals surface area contributed by atoms with Crippen LogP contribution in [0.4, 0.5) is 5.82 Å². The van der Waals surface area contributed by atoms with Crippen LogP contribution in [0.2, 0.25) is 0 Å². The van der Waals surface area contributed by atoms with E-state index in [1.165, 1.54) is 0 Å². The average molecular weight is 194 g/mol. The van der Waals surface area contributed by atoms with E-state index in [1.54, 1.807) is 12.1 Å². The quantitative estimate of drug-likeness (QED) is 0.674. The van der Waals surface area contributed by atoms with E-state index in [0.717, 1.165) is 16.7 Å². The molecule has 13 heavy (non-hydrogen) atoms. The number of thioether (sulfide) groups is 1. The number of carbonyl (C=O) groups excluding carboxylic acids is 2. The van der Waals surface area contributed by atoms with Crippen molar-refractivity contribution in [2.75, 3.05) is 11.9 Å². The predicted molar refractivity (Wildman–Crippen MR) is 49.0 cm³/mol. The molecule has 0 bridgehead atoms. The molecule has 0 fully saturated rings. The Bertz CT molecular complexity index is 378. The Morgan fingerprint density at radius 2 is 2.38 bits per heavy atom. The number of hydrogen-bond donors (Lipinski definition) is 1. The first-order valence-corrected chi connectivity index (χ1v) is 4.52. The first-order valence-electron chi connectivity index (χ1n) is 3.70. The molecule has 4 nitrogen and oxygen atoms in total. The largest absolute Gasteiger partial charge is 0.361 e. The highest BCUT2D eigenvalue weighted by Crippen LogP contribution is 2.29. The molecule has 1 aliphatic rings. The Kier molecular flexibility index (Phi) is 2.02. The number of nitrogens with zero attached hydrogens (tertiary/aromatic N) is 1. The molecule has 0 aromatic carbocycles. The molecule has 1 aromatic rings. The molecule has 0 saturated carbocycles. The monoisotopic (exact) mass is 194 g/mol. The lowest BCUT2D eigenvalue weighted by Crippen LogP contribution is -2.17. The molecule has 0 spiro atoms. The standard InChI is InChI=1S/C8H6N2O2S/c11-4-5-1-2-6-8(10-5)9-3-7(12)13-6/h1-2,4H,3H2,(H,9,10). The lowest BCUT2D eigenvalue weighted by atomic mass is 10.3. The number of nitrogens with one attached hydrogen (secondary N) is 1. The predicted octanol–water partition coefficient (Wildman–Crippen LogP) is 0.938. The Hall–Kier alpha value is -1.36. The van der Waals surface area contributed by atoms with E-state index in [9.17, 15) is 9.59 Å². The van der Waals surface area contributed by atoms with Gasteiger partial charge in [-0.15, -0.1) is 0 Å². The minimum absolute atomic E-state index is 0.0631. The van der Waals surface area contributed by atoms with E-state index in [2.05, 4.69) is 10.3 Å². The van der Waals surface area contributed by atoms with Crippen molar-refractivity contribution in [3.8, 4) is 0 Å². The van der Waals surface area contributed by atoms with Crippen LogP contribution < -0.4 is 5.32 Å². The van der Waals surface area contributed by atoms with Crippen LogP contribution in [0.3, 0.4) is 0 Å². The van der Waals surface area contributed by atoms with Gasteiger partial charge in [-0.1, -0.05) is 0 Å². The second kappa shape index (κ2) is 3.18. The van der Waals surface area contributed by atoms with Gasteiger partial charge in [-0.25, -0.2) is 4.98 Å². The fourth-order valence-corrected chi connectivity index (χ4v) is 1.79. The van der Waals surface area contributed by atoms with Gasteiger partial charge < -0.3 is 5.32 Å². The molecule has 1 N–H and O–H groups in total. The lowest BCUT2D eigenvalue weighted by Gasteiger charge is -2.14. The van der Waals surface area contributed by atoms with Crippen LogP contribution >= 0.6 is 11.8 Å². The molecule has 0 saturated heterocycles. The third-order valence-electron chi connectivity index (χ3n) is 1.62. The molecule has 1 aromatic heterocycles. The van der Waals surface area contributed by atoms with E-state index in [-0.39, 0.29) is 11.7 Å². The van der Waals surface area contributed by atoms with Gasteiger partial charge in [-0.05, 0) is 23.9 Å². The number of pyridine rings is 1. The van der Waals surface area contributed by atoms with E-state index < -0.39 is 0 Å². The summed E-state index contributed by atoms with van der Waals surface area (Å²) < 4.78 is 0. The summed E-state index contributed by atoms with van der Waals surface area (Å²) in [7, 11) is 0. The Morgan fingerprint density at radius 1 is 1.54 bits per heavy atom. The van der Waals surface area contributed by atoms with Crippen molar-refractivity contribution < 1.29 is 9.59 Å². The van der Waals surface area contributed by atoms with Crippen LogP contribution in [0.15, 0.2) is 17.0 Å². The maximum atomic E-state index is 11.0. The van der Waals surface area contributed by atoms with Crippen molar-refractivity contribution in [1.82, 2.24) is 4.98 Å². The number of rotatable bonds is 1. The minimum Gasteiger partial charge on any atom is -0.361 e. The Morgan fingerprint density at radius 3 is 3.15 bits per heavy atom. The van der Waals surface area contributed by atoms with Crippen molar-refractivity contribution in [3.63, 3.8) is 0 Å². The number of aldehydes is 1. The van der Waals surface area contributed by atoms with Crippen molar-refractivity contribution in [2.45, 2.75) is 4.90 Å². The van der Waals surface area contributed by atoms with E-state index in [4.69, 9.17) is 0 Å². The Balaban J connectivity index is 2.42. The zero-order chi connectivity index (χ0) is 9.26. The summed E-state index contributed by atoms with van der Waals surface area (Å²) in [4.78, 5) is 26.2. The summed E-state index contributed by atoms with van der Waals surface area (Å²) >= 11 is 1.15. The van der Waals surface area contributed by atoms with E-state index in [0.29, 0.717) is 17.8 Å². The fourth-order valence-electron chi connectivity index (χ4n) is 1.05. The van der Waals surface area contributed by atoms with Crippen LogP contribution in [0.25, 0.3) is 0 Å². The molecule has 66 valence electrons. The van der Waals surface area contributed by atoms with Crippen molar-refractivity contribution >= 4 is 29.0 Å². The molecule has 1 aliphatic heterocycles. The average Bonchev–Trinajstić information content (AvgIpc) is 2.17. The first-order chi connectivity index (χ1) is 6.29. The van der Waals surface area contributed by atoms with Crippen LogP contribution in [0.5, 0.6) is 0 Å². The fraction of sp³-hybridized carbons (Fsp3) is 0.125. The van der Waals surface area contributed by atoms with Gasteiger partial charge in [0.1, 0.15) is 11.5 Å². The third kappa shape index (κ3) is 1.55. The number of fused-ring (bicyclic) bond motifs is 1. The lowest BCUT2D eigenvalue weighted by molar-refractivity contribution is -0.109. The molecule has 2 rings (SSSR count). The number of aromatic nitrogens is 1. The molecule has 0 unspecified atom stereocenters. The van der Waals surface area contributed by atoms with Crippen LogP contribution in [0, 0.1) is 0 Å². The summed E-state index contributed by atoms with van der Waals surface area (Å²) in [5.74, 6) is 0.620. The van der Waals surface area contributed by atoms with Gasteiger partial charge >= 0.3 is 0 Å². The van der Waals surface area contributed by atoms with Crippen molar-refractivity contribution in [2.24, 2.45) is 0 Å². The second-order valence-electron chi connectivity index (χ2n) is 2.53. The SMILES string of the molecule is O=Cc1ccc2c(n1)NCC(=O)S2. The van der Waals surface area contributed by atoms with Crippen LogP contribution in [-0.4, -0.2) is 22.9 Å². The summed E-state index contributed by atoms with van der Waals surface area (Å²) in [5.41, 5.74) is 0.376. The second-order valence-corrected chi connectivity index (χ2v) is 3.63. The number of hydrogen-bond acceptors (Lipinski definition) is 5. The summed E-state index contributed by atoms with van der Waals surface area (Å²) in [6.45, 7) is 0.271. The highest BCUT2D eigenvalue weighted by Gasteiger charge is 2.16. The van der Waals surface area contributed by atoms with E-state index in [1.807, 2.05) is 0 Å². The smallest absolute Gasteiger partial charge is 0.212 e. The maximum absolute atomic E-state index is 11.0. The van der Waals surface area contributed by atoms with Gasteiger partial charge in [0.2, 0.25) is 5.12 Å². The van der Waals surface area contributed by atoms with Gasteiger partial charge in [0.05, 0.1) is 11.4 Å². The zero-order valence-electron chi connectivity index (χ0n) is 6.61. The first kappa shape index (κ1) is 8.25. The highest BCUT2D eigenvalue weighted by atomic mass is 32.2. The maximum Gasteiger partial charge on any atom is 0.212 e. The molecule has 0 radical (unpaired) electrons. The molecule has 0 aliphatic carbocycles. The molecular weight excluding hydrogens is 188 g/mol. The Labute approximate surface area is 78.7 Å². The zero-order valence-corrected chi connectivity index (χ0v) is 7.43. The normalized spacial score (nSPS) is 14.6. The van der Waals surface area contributed by atoms with Gasteiger partial charge in [-0.2, -0.15) is 0 Å². The molecule has 0 atom stereocenters. The number of anilines is 1. The highest BCUT2D eigenvalue weighted by molar-refractivity contribution is 8.14. The van der Waals surface area contributed by atoms with E-state index >= 15 is 0 Å². The van der Waals surface area contributed by atoms with Crippen LogP contribution in [-0.2, 0) is 4.79 Å². The topological polar surface area (TPSA) is 59.1 Å². The van der Waals surface area contributed by atoms with Gasteiger partial charge in [0.15, 0.2) is 6.29 Å². The summed E-state index contributed by atoms with van der Waals surface area (Å²) in [5, 5.41) is 2.91. The van der Waals surface area contributed by atoms with Gasteiger partial charge in [-0.3, -0.25) is 9.59 Å². The van der Waals surface area contributed by atoms with Crippen LogP contribution in [0.1, 0.15) is 10.5 Å². The summed E-state index contributed by atoms with van der Waals surface area (Å²) in [6, 6.07) is 3.32. The summed E-state index contributed by atoms with van der Waals surface area (Å²) in [6.07, 6.45) is 0.684. The molecule has 5 heteroatoms. The van der Waals surface area contributed by atoms with Crippen molar-refractivity contribution in [3.05, 3.63) is 17.8 Å². The number of carbonyl (C=O) groups is 2. The molecule has 2 heterocycles. The molecular formula is C8H6N2O2S. The molecule has 0 amide bonds. The van der Waals surface area contributed by atoms with Gasteiger partial charge in [0.25, 0.3) is 0 Å². The third-order valence-corrected chi connectivity index (χ3v) is 2.55. The minimum atomic E-state index is 0.0631. The van der Waals surface area contributed by atoms with Gasteiger partial charge in [0, 0.05) is 0 Å². The van der Waals surface area contributed by atoms with Crippen molar-refractivity contribution in [1.29, 1.82) is 0 Å².